The highest BCUT2D eigenvalue weighted by Crippen LogP contribution is 2.29. The van der Waals surface area contributed by atoms with Gasteiger partial charge in [-0.25, -0.2) is 8.42 Å². The van der Waals surface area contributed by atoms with E-state index < -0.39 is 10.0 Å². The molecule has 3 nitrogen and oxygen atoms in total. The summed E-state index contributed by atoms with van der Waals surface area (Å²) in [5.41, 5.74) is 0.967. The SMILES string of the molecule is CCCN(C(C)c1ccccc1Br)S(=O)(=O)CCCl. The number of alkyl halides is 1. The summed E-state index contributed by atoms with van der Waals surface area (Å²) in [4.78, 5) is 0. The van der Waals surface area contributed by atoms with E-state index in [0.717, 1.165) is 16.5 Å². The van der Waals surface area contributed by atoms with Crippen LogP contribution in [0.5, 0.6) is 0 Å². The summed E-state index contributed by atoms with van der Waals surface area (Å²) in [6.07, 6.45) is 0.774. The van der Waals surface area contributed by atoms with Gasteiger partial charge in [0.05, 0.1) is 5.75 Å². The van der Waals surface area contributed by atoms with Crippen LogP contribution in [-0.4, -0.2) is 30.9 Å². The molecular formula is C13H19BrClNO2S. The van der Waals surface area contributed by atoms with E-state index in [1.807, 2.05) is 38.1 Å². The Labute approximate surface area is 129 Å². The Hall–Kier alpha value is -0.100. The predicted molar refractivity (Wildman–Crippen MR) is 84.1 cm³/mol. The molecule has 19 heavy (non-hydrogen) atoms. The van der Waals surface area contributed by atoms with Gasteiger partial charge in [-0.2, -0.15) is 4.31 Å². The number of halogens is 2. The van der Waals surface area contributed by atoms with Gasteiger partial charge in [-0.1, -0.05) is 41.1 Å². The minimum absolute atomic E-state index is 0.0245. The zero-order valence-corrected chi connectivity index (χ0v) is 14.3. The van der Waals surface area contributed by atoms with Gasteiger partial charge in [0.25, 0.3) is 0 Å². The van der Waals surface area contributed by atoms with Gasteiger partial charge in [0.1, 0.15) is 0 Å². The fourth-order valence-corrected chi connectivity index (χ4v) is 4.66. The zero-order chi connectivity index (χ0) is 14.5. The van der Waals surface area contributed by atoms with Crippen LogP contribution in [0.15, 0.2) is 28.7 Å². The van der Waals surface area contributed by atoms with Crippen molar-refractivity contribution in [2.45, 2.75) is 26.3 Å². The molecule has 0 aliphatic heterocycles. The van der Waals surface area contributed by atoms with Gasteiger partial charge in [0, 0.05) is 22.9 Å². The molecule has 1 rings (SSSR count). The number of hydrogen-bond acceptors (Lipinski definition) is 2. The molecule has 0 aliphatic rings. The second-order valence-corrected chi connectivity index (χ2v) is 7.59. The first-order chi connectivity index (χ1) is 8.94. The lowest BCUT2D eigenvalue weighted by Crippen LogP contribution is -2.36. The maximum absolute atomic E-state index is 12.3. The van der Waals surface area contributed by atoms with Crippen molar-refractivity contribution in [3.8, 4) is 0 Å². The first kappa shape index (κ1) is 17.0. The monoisotopic (exact) mass is 367 g/mol. The molecule has 108 valence electrons. The van der Waals surface area contributed by atoms with Crippen molar-refractivity contribution >= 4 is 37.6 Å². The number of sulfonamides is 1. The predicted octanol–water partition coefficient (Wildman–Crippen LogP) is 3.79. The van der Waals surface area contributed by atoms with E-state index >= 15 is 0 Å². The summed E-state index contributed by atoms with van der Waals surface area (Å²) in [7, 11) is -3.32. The van der Waals surface area contributed by atoms with Crippen LogP contribution >= 0.6 is 27.5 Å². The Balaban J connectivity index is 3.10. The van der Waals surface area contributed by atoms with Crippen LogP contribution in [0.2, 0.25) is 0 Å². The molecule has 0 aromatic heterocycles. The van der Waals surface area contributed by atoms with Crippen LogP contribution in [0.25, 0.3) is 0 Å². The van der Waals surface area contributed by atoms with Gasteiger partial charge >= 0.3 is 0 Å². The van der Waals surface area contributed by atoms with Crippen LogP contribution in [0.3, 0.4) is 0 Å². The van der Waals surface area contributed by atoms with Crippen molar-refractivity contribution in [2.75, 3.05) is 18.2 Å². The summed E-state index contributed by atoms with van der Waals surface area (Å²) >= 11 is 9.07. The van der Waals surface area contributed by atoms with Gasteiger partial charge in [-0.05, 0) is 25.0 Å². The zero-order valence-electron chi connectivity index (χ0n) is 11.1. The van der Waals surface area contributed by atoms with E-state index in [9.17, 15) is 8.42 Å². The van der Waals surface area contributed by atoms with Crippen LogP contribution < -0.4 is 0 Å². The minimum Gasteiger partial charge on any atom is -0.212 e. The third kappa shape index (κ3) is 4.45. The van der Waals surface area contributed by atoms with E-state index in [1.54, 1.807) is 0 Å². The Morgan fingerprint density at radius 2 is 2.00 bits per heavy atom. The molecule has 0 heterocycles. The van der Waals surface area contributed by atoms with Gasteiger partial charge in [0.15, 0.2) is 0 Å². The fourth-order valence-electron chi connectivity index (χ4n) is 1.98. The largest absolute Gasteiger partial charge is 0.215 e. The van der Waals surface area contributed by atoms with Crippen LogP contribution in [0, 0.1) is 0 Å². The number of hydrogen-bond donors (Lipinski definition) is 0. The molecule has 1 aromatic carbocycles. The standard InChI is InChI=1S/C13H19BrClNO2S/c1-3-9-16(19(17,18)10-8-15)11(2)12-6-4-5-7-13(12)14/h4-7,11H,3,8-10H2,1-2H3. The average Bonchev–Trinajstić information content (AvgIpc) is 2.35. The van der Waals surface area contributed by atoms with Crippen LogP contribution in [0.1, 0.15) is 31.9 Å². The summed E-state index contributed by atoms with van der Waals surface area (Å²) in [5.74, 6) is 0.0918. The normalized spacial score (nSPS) is 13.7. The van der Waals surface area contributed by atoms with Gasteiger partial charge in [-0.15, -0.1) is 11.6 Å². The highest BCUT2D eigenvalue weighted by Gasteiger charge is 2.27. The number of rotatable bonds is 7. The molecule has 1 atom stereocenters. The number of benzene rings is 1. The third-order valence-corrected chi connectivity index (χ3v) is 5.99. The van der Waals surface area contributed by atoms with E-state index in [-0.39, 0.29) is 17.7 Å². The van der Waals surface area contributed by atoms with E-state index in [2.05, 4.69) is 15.9 Å². The summed E-state index contributed by atoms with van der Waals surface area (Å²) < 4.78 is 27.0. The molecule has 0 saturated carbocycles. The maximum atomic E-state index is 12.3. The molecule has 0 spiro atoms. The minimum atomic E-state index is -3.32. The van der Waals surface area contributed by atoms with Crippen molar-refractivity contribution < 1.29 is 8.42 Å². The molecule has 0 fully saturated rings. The quantitative estimate of drug-likeness (QED) is 0.687. The summed E-state index contributed by atoms with van der Waals surface area (Å²) in [5, 5.41) is 0. The average molecular weight is 369 g/mol. The lowest BCUT2D eigenvalue weighted by molar-refractivity contribution is 0.342. The Morgan fingerprint density at radius 3 is 2.53 bits per heavy atom. The summed E-state index contributed by atoms with van der Waals surface area (Å²) in [6, 6.07) is 7.48. The van der Waals surface area contributed by atoms with E-state index in [0.29, 0.717) is 6.54 Å². The van der Waals surface area contributed by atoms with E-state index in [4.69, 9.17) is 11.6 Å². The molecule has 1 unspecified atom stereocenters. The first-order valence-electron chi connectivity index (χ1n) is 6.24. The topological polar surface area (TPSA) is 37.4 Å². The van der Waals surface area contributed by atoms with Crippen molar-refractivity contribution in [1.82, 2.24) is 4.31 Å². The molecule has 0 N–H and O–H groups in total. The Kier molecular flexibility index (Phi) is 6.80. The molecule has 0 radical (unpaired) electrons. The van der Waals surface area contributed by atoms with E-state index in [1.165, 1.54) is 4.31 Å². The molecule has 1 aromatic rings. The van der Waals surface area contributed by atoms with Crippen molar-refractivity contribution in [3.63, 3.8) is 0 Å². The number of nitrogens with zero attached hydrogens (tertiary/aromatic N) is 1. The molecular weight excluding hydrogens is 350 g/mol. The highest BCUT2D eigenvalue weighted by atomic mass is 79.9. The first-order valence-corrected chi connectivity index (χ1v) is 9.17. The molecule has 0 saturated heterocycles. The lowest BCUT2D eigenvalue weighted by Gasteiger charge is -2.28. The molecule has 0 amide bonds. The lowest BCUT2D eigenvalue weighted by atomic mass is 10.1. The highest BCUT2D eigenvalue weighted by molar-refractivity contribution is 9.10. The smallest absolute Gasteiger partial charge is 0.212 e. The molecule has 6 heteroatoms. The molecule has 0 bridgehead atoms. The summed E-state index contributed by atoms with van der Waals surface area (Å²) in [6.45, 7) is 4.37. The second kappa shape index (κ2) is 7.62. The molecule has 0 aliphatic carbocycles. The van der Waals surface area contributed by atoms with Gasteiger partial charge in [0.2, 0.25) is 10.0 Å². The van der Waals surface area contributed by atoms with Crippen LogP contribution in [0.4, 0.5) is 0 Å². The van der Waals surface area contributed by atoms with Gasteiger partial charge < -0.3 is 0 Å². The van der Waals surface area contributed by atoms with Crippen molar-refractivity contribution in [2.24, 2.45) is 0 Å². The Morgan fingerprint density at radius 1 is 1.37 bits per heavy atom. The Bertz CT molecular complexity index is 507. The van der Waals surface area contributed by atoms with Crippen LogP contribution in [-0.2, 0) is 10.0 Å². The second-order valence-electron chi connectivity index (χ2n) is 4.31. The van der Waals surface area contributed by atoms with Crippen molar-refractivity contribution in [3.05, 3.63) is 34.3 Å². The van der Waals surface area contributed by atoms with Gasteiger partial charge in [-0.3, -0.25) is 0 Å². The van der Waals surface area contributed by atoms with Crippen molar-refractivity contribution in [1.29, 1.82) is 0 Å². The maximum Gasteiger partial charge on any atom is 0.215 e. The third-order valence-electron chi connectivity index (χ3n) is 2.92. The fraction of sp³-hybridized carbons (Fsp3) is 0.538.